The van der Waals surface area contributed by atoms with Gasteiger partial charge in [-0.25, -0.2) is 0 Å². The molecular weight excluding hydrogens is 398 g/mol. The van der Waals surface area contributed by atoms with Crippen LogP contribution >= 0.6 is 0 Å². The zero-order valence-corrected chi connectivity index (χ0v) is 17.8. The van der Waals surface area contributed by atoms with Crippen molar-refractivity contribution in [2.24, 2.45) is 5.92 Å². The minimum Gasteiger partial charge on any atom is -0.355 e. The molecule has 1 aliphatic rings. The number of anilines is 2. The van der Waals surface area contributed by atoms with Crippen molar-refractivity contribution in [1.82, 2.24) is 15.2 Å². The van der Waals surface area contributed by atoms with Gasteiger partial charge in [-0.2, -0.15) is 0 Å². The summed E-state index contributed by atoms with van der Waals surface area (Å²) in [6.45, 7) is 1.92. The summed E-state index contributed by atoms with van der Waals surface area (Å²) in [5.74, 6) is 1.23. The lowest BCUT2D eigenvalue weighted by atomic mass is 9.90. The van der Waals surface area contributed by atoms with Crippen LogP contribution in [0.15, 0.2) is 79.0 Å². The summed E-state index contributed by atoms with van der Waals surface area (Å²) in [5.41, 5.74) is 3.23. The van der Waals surface area contributed by atoms with Crippen LogP contribution in [0.5, 0.6) is 0 Å². The van der Waals surface area contributed by atoms with Crippen molar-refractivity contribution in [3.8, 4) is 0 Å². The highest BCUT2D eigenvalue weighted by molar-refractivity contribution is 6.03. The van der Waals surface area contributed by atoms with Crippen LogP contribution in [0.3, 0.4) is 0 Å². The molecule has 1 aliphatic heterocycles. The summed E-state index contributed by atoms with van der Waals surface area (Å²) < 4.78 is 0. The molecule has 0 atom stereocenters. The smallest absolute Gasteiger partial charge is 0.276 e. The largest absolute Gasteiger partial charge is 0.355 e. The quantitative estimate of drug-likeness (QED) is 0.502. The fourth-order valence-corrected chi connectivity index (χ4v) is 4.26. The Morgan fingerprint density at radius 1 is 0.938 bits per heavy atom. The van der Waals surface area contributed by atoms with Crippen LogP contribution in [0.4, 0.5) is 11.5 Å². The van der Waals surface area contributed by atoms with Gasteiger partial charge in [0.25, 0.3) is 5.91 Å². The number of nitrogens with one attached hydrogen (secondary N) is 1. The van der Waals surface area contributed by atoms with Gasteiger partial charge in [0, 0.05) is 18.5 Å². The average Bonchev–Trinajstić information content (AvgIpc) is 2.85. The molecule has 32 heavy (non-hydrogen) atoms. The monoisotopic (exact) mass is 423 g/mol. The number of hydrogen-bond acceptors (Lipinski definition) is 5. The number of nitrogens with zero attached hydrogens (tertiary/aromatic N) is 4. The Balaban J connectivity index is 1.18. The summed E-state index contributed by atoms with van der Waals surface area (Å²) in [7, 11) is 0. The van der Waals surface area contributed by atoms with Crippen LogP contribution in [0.2, 0.25) is 0 Å². The Morgan fingerprint density at radius 2 is 1.72 bits per heavy atom. The van der Waals surface area contributed by atoms with Crippen LogP contribution in [0, 0.1) is 5.92 Å². The van der Waals surface area contributed by atoms with Gasteiger partial charge in [0.2, 0.25) is 0 Å². The third kappa shape index (κ3) is 4.59. The minimum atomic E-state index is -0.289. The fourth-order valence-electron chi connectivity index (χ4n) is 4.26. The lowest BCUT2D eigenvalue weighted by Gasteiger charge is -2.32. The van der Waals surface area contributed by atoms with Gasteiger partial charge in [-0.05, 0) is 55.0 Å². The van der Waals surface area contributed by atoms with E-state index < -0.39 is 0 Å². The molecule has 0 unspecified atom stereocenters. The summed E-state index contributed by atoms with van der Waals surface area (Å²) in [5, 5.41) is 12.3. The maximum atomic E-state index is 12.6. The molecule has 0 bridgehead atoms. The Kier molecular flexibility index (Phi) is 5.75. The number of piperidine rings is 1. The summed E-state index contributed by atoms with van der Waals surface area (Å²) in [6.07, 6.45) is 5.05. The van der Waals surface area contributed by atoms with Crippen molar-refractivity contribution in [2.75, 3.05) is 23.3 Å². The summed E-state index contributed by atoms with van der Waals surface area (Å²) in [6, 6.07) is 24.0. The molecule has 0 aliphatic carbocycles. The van der Waals surface area contributed by atoms with Crippen molar-refractivity contribution in [3.05, 3.63) is 90.3 Å². The molecule has 2 aromatic heterocycles. The Bertz CT molecular complexity index is 1200. The van der Waals surface area contributed by atoms with E-state index in [1.54, 1.807) is 12.3 Å². The van der Waals surface area contributed by atoms with Crippen LogP contribution in [-0.4, -0.2) is 34.2 Å². The number of rotatable bonds is 5. The van der Waals surface area contributed by atoms with E-state index in [1.807, 2.05) is 36.4 Å². The molecule has 160 valence electrons. The third-order valence-corrected chi connectivity index (χ3v) is 6.04. The molecule has 6 heteroatoms. The Morgan fingerprint density at radius 3 is 2.50 bits per heavy atom. The van der Waals surface area contributed by atoms with Gasteiger partial charge in [-0.3, -0.25) is 9.78 Å². The predicted molar refractivity (Wildman–Crippen MR) is 127 cm³/mol. The third-order valence-electron chi connectivity index (χ3n) is 6.04. The number of amides is 1. The Labute approximate surface area is 187 Å². The van der Waals surface area contributed by atoms with Crippen molar-refractivity contribution in [1.29, 1.82) is 0 Å². The first-order valence-electron chi connectivity index (χ1n) is 11.0. The van der Waals surface area contributed by atoms with E-state index in [4.69, 9.17) is 0 Å². The standard InChI is InChI=1S/C26H25N5O/c32-26(28-22-17-21-8-4-5-9-23(21)27-18-22)24-10-11-25(30-29-24)31-14-12-20(13-15-31)16-19-6-2-1-3-7-19/h1-11,17-18,20H,12-16H2,(H,28,32). The number of hydrogen-bond donors (Lipinski definition) is 1. The topological polar surface area (TPSA) is 71.0 Å². The molecule has 6 nitrogen and oxygen atoms in total. The lowest BCUT2D eigenvalue weighted by Crippen LogP contribution is -2.35. The lowest BCUT2D eigenvalue weighted by molar-refractivity contribution is 0.102. The number of carbonyl (C=O) groups excluding carboxylic acids is 1. The molecule has 1 fully saturated rings. The van der Waals surface area contributed by atoms with E-state index in [0.717, 1.165) is 49.1 Å². The predicted octanol–water partition coefficient (Wildman–Crippen LogP) is 4.74. The van der Waals surface area contributed by atoms with E-state index in [-0.39, 0.29) is 5.91 Å². The molecule has 2 aromatic carbocycles. The van der Waals surface area contributed by atoms with E-state index in [0.29, 0.717) is 17.3 Å². The second-order valence-corrected chi connectivity index (χ2v) is 8.27. The zero-order chi connectivity index (χ0) is 21.8. The first-order valence-corrected chi connectivity index (χ1v) is 11.0. The summed E-state index contributed by atoms with van der Waals surface area (Å²) in [4.78, 5) is 19.2. The number of para-hydroxylation sites is 1. The molecule has 3 heterocycles. The van der Waals surface area contributed by atoms with Gasteiger partial charge in [-0.15, -0.1) is 10.2 Å². The van der Waals surface area contributed by atoms with Gasteiger partial charge in [0.15, 0.2) is 11.5 Å². The maximum Gasteiger partial charge on any atom is 0.276 e. The molecule has 0 radical (unpaired) electrons. The number of pyridine rings is 1. The minimum absolute atomic E-state index is 0.289. The maximum absolute atomic E-state index is 12.6. The second-order valence-electron chi connectivity index (χ2n) is 8.27. The average molecular weight is 424 g/mol. The molecule has 1 saturated heterocycles. The molecule has 4 aromatic rings. The number of carbonyl (C=O) groups is 1. The van der Waals surface area contributed by atoms with E-state index in [2.05, 4.69) is 55.7 Å². The highest BCUT2D eigenvalue weighted by Gasteiger charge is 2.21. The van der Waals surface area contributed by atoms with Crippen molar-refractivity contribution < 1.29 is 4.79 Å². The second kappa shape index (κ2) is 9.14. The van der Waals surface area contributed by atoms with Gasteiger partial charge < -0.3 is 10.2 Å². The number of benzene rings is 2. The fraction of sp³-hybridized carbons (Fsp3) is 0.231. The van der Waals surface area contributed by atoms with Gasteiger partial charge in [0.1, 0.15) is 0 Å². The Hall–Kier alpha value is -3.80. The molecule has 1 amide bonds. The van der Waals surface area contributed by atoms with Crippen LogP contribution in [-0.2, 0) is 6.42 Å². The van der Waals surface area contributed by atoms with Crippen LogP contribution in [0.1, 0.15) is 28.9 Å². The van der Waals surface area contributed by atoms with Crippen LogP contribution in [0.25, 0.3) is 10.9 Å². The van der Waals surface area contributed by atoms with Crippen molar-refractivity contribution >= 4 is 28.3 Å². The van der Waals surface area contributed by atoms with Crippen molar-refractivity contribution in [3.63, 3.8) is 0 Å². The first kappa shape index (κ1) is 20.1. The summed E-state index contributed by atoms with van der Waals surface area (Å²) >= 11 is 0. The SMILES string of the molecule is O=C(Nc1cnc2ccccc2c1)c1ccc(N2CCC(Cc3ccccc3)CC2)nn1. The van der Waals surface area contributed by atoms with Crippen LogP contribution < -0.4 is 10.2 Å². The molecule has 0 saturated carbocycles. The van der Waals surface area contributed by atoms with E-state index in [9.17, 15) is 4.79 Å². The molecular formula is C26H25N5O. The highest BCUT2D eigenvalue weighted by atomic mass is 16.1. The number of fused-ring (bicyclic) bond motifs is 1. The van der Waals surface area contributed by atoms with Gasteiger partial charge >= 0.3 is 0 Å². The van der Waals surface area contributed by atoms with E-state index in [1.165, 1.54) is 5.56 Å². The normalized spacial score (nSPS) is 14.4. The zero-order valence-electron chi connectivity index (χ0n) is 17.8. The van der Waals surface area contributed by atoms with Gasteiger partial charge in [-0.1, -0.05) is 48.5 Å². The molecule has 1 N–H and O–H groups in total. The highest BCUT2D eigenvalue weighted by Crippen LogP contribution is 2.24. The molecule has 5 rings (SSSR count). The van der Waals surface area contributed by atoms with Gasteiger partial charge in [0.05, 0.1) is 17.4 Å². The van der Waals surface area contributed by atoms with Crippen molar-refractivity contribution in [2.45, 2.75) is 19.3 Å². The van der Waals surface area contributed by atoms with E-state index >= 15 is 0 Å². The number of aromatic nitrogens is 3. The first-order chi connectivity index (χ1) is 15.7. The molecule has 0 spiro atoms.